The molecule has 0 saturated carbocycles. The summed E-state index contributed by atoms with van der Waals surface area (Å²) in [6, 6.07) is 10.9. The molecule has 1 heterocycles. The fraction of sp³-hybridized carbons (Fsp3) is 0.235. The van der Waals surface area contributed by atoms with Crippen molar-refractivity contribution in [2.45, 2.75) is 20.3 Å². The third-order valence-corrected chi connectivity index (χ3v) is 3.45. The lowest BCUT2D eigenvalue weighted by atomic mass is 10.1. The molecule has 0 radical (unpaired) electrons. The van der Waals surface area contributed by atoms with Crippen LogP contribution in [0.2, 0.25) is 0 Å². The molecule has 0 fully saturated rings. The molecule has 4 nitrogen and oxygen atoms in total. The zero-order chi connectivity index (χ0) is 15.9. The number of nitrogens with zero attached hydrogens (tertiary/aromatic N) is 1. The van der Waals surface area contributed by atoms with Gasteiger partial charge in [0.15, 0.2) is 0 Å². The SMILES string of the molecule is CCOC(=O)c1ccc(NC(=S)c2cccnc2CC)cc1. The fourth-order valence-electron chi connectivity index (χ4n) is 2.03. The van der Waals surface area contributed by atoms with Crippen LogP contribution in [0.5, 0.6) is 0 Å². The van der Waals surface area contributed by atoms with Crippen LogP contribution in [0.4, 0.5) is 5.69 Å². The topological polar surface area (TPSA) is 51.2 Å². The molecule has 5 heteroatoms. The van der Waals surface area contributed by atoms with Gasteiger partial charge in [0.1, 0.15) is 4.99 Å². The zero-order valence-electron chi connectivity index (χ0n) is 12.6. The molecular formula is C17H18N2O2S. The summed E-state index contributed by atoms with van der Waals surface area (Å²) in [4.78, 5) is 16.6. The first-order chi connectivity index (χ1) is 10.7. The van der Waals surface area contributed by atoms with Crippen molar-refractivity contribution in [1.29, 1.82) is 0 Å². The van der Waals surface area contributed by atoms with Gasteiger partial charge in [-0.1, -0.05) is 19.1 Å². The van der Waals surface area contributed by atoms with Crippen molar-refractivity contribution in [2.24, 2.45) is 0 Å². The molecule has 2 rings (SSSR count). The molecule has 22 heavy (non-hydrogen) atoms. The minimum Gasteiger partial charge on any atom is -0.462 e. The van der Waals surface area contributed by atoms with Gasteiger partial charge >= 0.3 is 5.97 Å². The second-order valence-electron chi connectivity index (χ2n) is 4.60. The largest absolute Gasteiger partial charge is 0.462 e. The van der Waals surface area contributed by atoms with Crippen LogP contribution in [-0.2, 0) is 11.2 Å². The van der Waals surface area contributed by atoms with Crippen molar-refractivity contribution in [3.8, 4) is 0 Å². The predicted octanol–water partition coefficient (Wildman–Crippen LogP) is 3.61. The van der Waals surface area contributed by atoms with E-state index >= 15 is 0 Å². The van der Waals surface area contributed by atoms with Crippen LogP contribution in [0.3, 0.4) is 0 Å². The predicted molar refractivity (Wildman–Crippen MR) is 91.3 cm³/mol. The smallest absolute Gasteiger partial charge is 0.338 e. The maximum Gasteiger partial charge on any atom is 0.338 e. The Bertz CT molecular complexity index is 669. The van der Waals surface area contributed by atoms with Crippen molar-refractivity contribution in [1.82, 2.24) is 4.98 Å². The van der Waals surface area contributed by atoms with E-state index in [9.17, 15) is 4.79 Å². The van der Waals surface area contributed by atoms with E-state index in [0.717, 1.165) is 23.4 Å². The van der Waals surface area contributed by atoms with Crippen molar-refractivity contribution < 1.29 is 9.53 Å². The number of esters is 1. The van der Waals surface area contributed by atoms with Gasteiger partial charge in [-0.05, 0) is 49.7 Å². The summed E-state index contributed by atoms with van der Waals surface area (Å²) in [5.74, 6) is -0.322. The fourth-order valence-corrected chi connectivity index (χ4v) is 2.33. The van der Waals surface area contributed by atoms with Crippen molar-refractivity contribution >= 4 is 28.9 Å². The van der Waals surface area contributed by atoms with Crippen LogP contribution in [-0.4, -0.2) is 22.5 Å². The van der Waals surface area contributed by atoms with E-state index in [1.807, 2.05) is 19.1 Å². The highest BCUT2D eigenvalue weighted by atomic mass is 32.1. The number of aryl methyl sites for hydroxylation is 1. The highest BCUT2D eigenvalue weighted by Gasteiger charge is 2.09. The Kier molecular flexibility index (Phi) is 5.61. The molecule has 114 valence electrons. The Morgan fingerprint density at radius 2 is 1.95 bits per heavy atom. The number of hydrogen-bond donors (Lipinski definition) is 1. The Hall–Kier alpha value is -2.27. The van der Waals surface area contributed by atoms with Crippen molar-refractivity contribution in [2.75, 3.05) is 11.9 Å². The van der Waals surface area contributed by atoms with Gasteiger partial charge in [-0.15, -0.1) is 0 Å². The molecule has 1 N–H and O–H groups in total. The number of pyridine rings is 1. The lowest BCUT2D eigenvalue weighted by Gasteiger charge is -2.11. The summed E-state index contributed by atoms with van der Waals surface area (Å²) in [5, 5.41) is 3.17. The van der Waals surface area contributed by atoms with E-state index < -0.39 is 0 Å². The molecular weight excluding hydrogens is 296 g/mol. The van der Waals surface area contributed by atoms with Crippen LogP contribution in [0, 0.1) is 0 Å². The van der Waals surface area contributed by atoms with E-state index in [1.54, 1.807) is 37.4 Å². The first-order valence-electron chi connectivity index (χ1n) is 7.18. The number of benzene rings is 1. The normalized spacial score (nSPS) is 10.1. The van der Waals surface area contributed by atoms with Crippen LogP contribution < -0.4 is 5.32 Å². The Labute approximate surface area is 135 Å². The molecule has 0 aliphatic rings. The van der Waals surface area contributed by atoms with Crippen LogP contribution >= 0.6 is 12.2 Å². The molecule has 0 saturated heterocycles. The van der Waals surface area contributed by atoms with E-state index in [1.165, 1.54) is 0 Å². The highest BCUT2D eigenvalue weighted by Crippen LogP contribution is 2.14. The Balaban J connectivity index is 2.10. The first-order valence-corrected chi connectivity index (χ1v) is 7.59. The molecule has 0 amide bonds. The number of aromatic nitrogens is 1. The number of hydrogen-bond acceptors (Lipinski definition) is 4. The minimum atomic E-state index is -0.322. The van der Waals surface area contributed by atoms with E-state index in [-0.39, 0.29) is 5.97 Å². The molecule has 1 aromatic heterocycles. The quantitative estimate of drug-likeness (QED) is 0.675. The summed E-state index contributed by atoms with van der Waals surface area (Å²) < 4.78 is 4.96. The molecule has 0 spiro atoms. The molecule has 1 aromatic carbocycles. The lowest BCUT2D eigenvalue weighted by Crippen LogP contribution is -2.14. The van der Waals surface area contributed by atoms with E-state index in [4.69, 9.17) is 17.0 Å². The maximum absolute atomic E-state index is 11.6. The third-order valence-electron chi connectivity index (χ3n) is 3.12. The van der Waals surface area contributed by atoms with Crippen molar-refractivity contribution in [3.63, 3.8) is 0 Å². The Morgan fingerprint density at radius 3 is 2.59 bits per heavy atom. The third kappa shape index (κ3) is 3.89. The van der Waals surface area contributed by atoms with Crippen LogP contribution in [0.15, 0.2) is 42.6 Å². The van der Waals surface area contributed by atoms with E-state index in [0.29, 0.717) is 17.2 Å². The van der Waals surface area contributed by atoms with Gasteiger partial charge < -0.3 is 10.1 Å². The van der Waals surface area contributed by atoms with Gasteiger partial charge in [0.2, 0.25) is 0 Å². The number of thiocarbonyl (C=S) groups is 1. The molecule has 0 unspecified atom stereocenters. The average molecular weight is 314 g/mol. The van der Waals surface area contributed by atoms with Crippen LogP contribution in [0.1, 0.15) is 35.5 Å². The summed E-state index contributed by atoms with van der Waals surface area (Å²) in [6.45, 7) is 4.19. The van der Waals surface area contributed by atoms with Crippen molar-refractivity contribution in [3.05, 3.63) is 59.4 Å². The second kappa shape index (κ2) is 7.66. The molecule has 2 aromatic rings. The van der Waals surface area contributed by atoms with Gasteiger partial charge in [0.25, 0.3) is 0 Å². The summed E-state index contributed by atoms with van der Waals surface area (Å²) in [5.41, 5.74) is 3.23. The summed E-state index contributed by atoms with van der Waals surface area (Å²) >= 11 is 5.44. The van der Waals surface area contributed by atoms with Gasteiger partial charge in [0.05, 0.1) is 17.9 Å². The van der Waals surface area contributed by atoms with Crippen LogP contribution in [0.25, 0.3) is 0 Å². The molecule has 0 aliphatic carbocycles. The Morgan fingerprint density at radius 1 is 1.23 bits per heavy atom. The first kappa shape index (κ1) is 16.1. The molecule has 0 bridgehead atoms. The number of nitrogens with one attached hydrogen (secondary N) is 1. The van der Waals surface area contributed by atoms with Gasteiger partial charge in [-0.2, -0.15) is 0 Å². The summed E-state index contributed by atoms with van der Waals surface area (Å²) in [7, 11) is 0. The number of ether oxygens (including phenoxy) is 1. The van der Waals surface area contributed by atoms with Gasteiger partial charge in [-0.25, -0.2) is 4.79 Å². The molecule has 0 atom stereocenters. The lowest BCUT2D eigenvalue weighted by molar-refractivity contribution is 0.0526. The number of rotatable bonds is 5. The van der Waals surface area contributed by atoms with Gasteiger partial charge in [-0.3, -0.25) is 4.98 Å². The zero-order valence-corrected chi connectivity index (χ0v) is 13.4. The average Bonchev–Trinajstić information content (AvgIpc) is 2.55. The monoisotopic (exact) mass is 314 g/mol. The second-order valence-corrected chi connectivity index (χ2v) is 5.01. The maximum atomic E-state index is 11.6. The highest BCUT2D eigenvalue weighted by molar-refractivity contribution is 7.81. The minimum absolute atomic E-state index is 0.322. The number of anilines is 1. The molecule has 0 aliphatic heterocycles. The summed E-state index contributed by atoms with van der Waals surface area (Å²) in [6.07, 6.45) is 2.58. The number of carbonyl (C=O) groups is 1. The van der Waals surface area contributed by atoms with E-state index in [2.05, 4.69) is 10.3 Å². The standard InChI is InChI=1S/C17H18N2O2S/c1-3-15-14(6-5-11-18-15)16(22)19-13-9-7-12(8-10-13)17(20)21-4-2/h5-11H,3-4H2,1-2H3,(H,19,22). The van der Waals surface area contributed by atoms with Gasteiger partial charge in [0, 0.05) is 17.4 Å². The number of carbonyl (C=O) groups excluding carboxylic acids is 1.